The minimum absolute atomic E-state index is 0.876. The third-order valence-electron chi connectivity index (χ3n) is 3.04. The molecule has 0 bridgehead atoms. The van der Waals surface area contributed by atoms with Crippen LogP contribution in [0.5, 0.6) is 0 Å². The van der Waals surface area contributed by atoms with Crippen LogP contribution in [0, 0.1) is 0 Å². The topological polar surface area (TPSA) is 25.8 Å². The number of aromatic nitrogens is 2. The van der Waals surface area contributed by atoms with Crippen LogP contribution in [0.4, 0.5) is 0 Å². The molecule has 0 saturated heterocycles. The standard InChI is InChI=1S/C17H14N2/c1-2-7-14(8-3-1)13-15-9-6-12-19-17(15)16-10-4-5-11-18-16/h1-12H,13H2. The maximum atomic E-state index is 4.48. The molecular formula is C17H14N2. The van der Waals surface area contributed by atoms with Gasteiger partial charge in [0, 0.05) is 12.4 Å². The average molecular weight is 246 g/mol. The van der Waals surface area contributed by atoms with Crippen molar-refractivity contribution in [1.29, 1.82) is 0 Å². The molecule has 2 nitrogen and oxygen atoms in total. The van der Waals surface area contributed by atoms with Crippen molar-refractivity contribution >= 4 is 0 Å². The van der Waals surface area contributed by atoms with E-state index in [2.05, 4.69) is 40.3 Å². The van der Waals surface area contributed by atoms with Crippen LogP contribution in [-0.2, 0) is 6.42 Å². The molecule has 0 radical (unpaired) electrons. The van der Waals surface area contributed by atoms with Crippen molar-refractivity contribution in [2.45, 2.75) is 6.42 Å². The van der Waals surface area contributed by atoms with Gasteiger partial charge < -0.3 is 0 Å². The van der Waals surface area contributed by atoms with E-state index in [0.29, 0.717) is 0 Å². The zero-order valence-corrected chi connectivity index (χ0v) is 10.5. The summed E-state index contributed by atoms with van der Waals surface area (Å²) >= 11 is 0. The summed E-state index contributed by atoms with van der Waals surface area (Å²) in [6.07, 6.45) is 4.50. The van der Waals surface area contributed by atoms with Gasteiger partial charge >= 0.3 is 0 Å². The molecule has 19 heavy (non-hydrogen) atoms. The molecule has 0 aliphatic heterocycles. The number of hydrogen-bond donors (Lipinski definition) is 0. The van der Waals surface area contributed by atoms with Crippen molar-refractivity contribution < 1.29 is 0 Å². The largest absolute Gasteiger partial charge is 0.255 e. The lowest BCUT2D eigenvalue weighted by Gasteiger charge is -2.07. The normalized spacial score (nSPS) is 10.3. The fourth-order valence-electron chi connectivity index (χ4n) is 2.13. The van der Waals surface area contributed by atoms with E-state index in [0.717, 1.165) is 17.8 Å². The van der Waals surface area contributed by atoms with Crippen LogP contribution >= 0.6 is 0 Å². The van der Waals surface area contributed by atoms with Gasteiger partial charge in [-0.25, -0.2) is 0 Å². The molecule has 0 aliphatic rings. The zero-order valence-electron chi connectivity index (χ0n) is 10.5. The van der Waals surface area contributed by atoms with Crippen LogP contribution in [0.25, 0.3) is 11.4 Å². The summed E-state index contributed by atoms with van der Waals surface area (Å²) in [6, 6.07) is 20.4. The number of benzene rings is 1. The number of pyridine rings is 2. The molecule has 2 aromatic heterocycles. The van der Waals surface area contributed by atoms with Crippen molar-refractivity contribution in [2.24, 2.45) is 0 Å². The van der Waals surface area contributed by atoms with Crippen molar-refractivity contribution in [3.63, 3.8) is 0 Å². The first kappa shape index (κ1) is 11.6. The van der Waals surface area contributed by atoms with Gasteiger partial charge in [-0.15, -0.1) is 0 Å². The van der Waals surface area contributed by atoms with Gasteiger partial charge in [0.2, 0.25) is 0 Å². The molecule has 1 aromatic carbocycles. The van der Waals surface area contributed by atoms with Gasteiger partial charge in [-0.1, -0.05) is 42.5 Å². The molecular weight excluding hydrogens is 232 g/mol. The Morgan fingerprint density at radius 1 is 0.684 bits per heavy atom. The summed E-state index contributed by atoms with van der Waals surface area (Å²) in [6.45, 7) is 0. The summed E-state index contributed by atoms with van der Waals surface area (Å²) in [7, 11) is 0. The maximum absolute atomic E-state index is 4.48. The first-order chi connectivity index (χ1) is 9.43. The smallest absolute Gasteiger partial charge is 0.0921 e. The first-order valence-corrected chi connectivity index (χ1v) is 6.33. The Hall–Kier alpha value is -2.48. The Morgan fingerprint density at radius 2 is 1.47 bits per heavy atom. The highest BCUT2D eigenvalue weighted by Gasteiger charge is 2.07. The number of rotatable bonds is 3. The Bertz CT molecular complexity index is 648. The molecule has 0 unspecified atom stereocenters. The lowest BCUT2D eigenvalue weighted by molar-refractivity contribution is 1.13. The summed E-state index contributed by atoms with van der Waals surface area (Å²) < 4.78 is 0. The van der Waals surface area contributed by atoms with Crippen LogP contribution in [0.3, 0.4) is 0 Å². The Labute approximate surface area is 112 Å². The van der Waals surface area contributed by atoms with Gasteiger partial charge in [0.1, 0.15) is 0 Å². The van der Waals surface area contributed by atoms with E-state index in [-0.39, 0.29) is 0 Å². The molecule has 0 saturated carbocycles. The molecule has 0 amide bonds. The van der Waals surface area contributed by atoms with Crippen LogP contribution in [0.15, 0.2) is 73.1 Å². The zero-order chi connectivity index (χ0) is 12.9. The summed E-state index contributed by atoms with van der Waals surface area (Å²) in [5.41, 5.74) is 4.38. The van der Waals surface area contributed by atoms with E-state index >= 15 is 0 Å². The van der Waals surface area contributed by atoms with Crippen molar-refractivity contribution in [3.05, 3.63) is 84.2 Å². The number of hydrogen-bond acceptors (Lipinski definition) is 2. The van der Waals surface area contributed by atoms with Crippen LogP contribution in [0.2, 0.25) is 0 Å². The van der Waals surface area contributed by atoms with Crippen LogP contribution in [0.1, 0.15) is 11.1 Å². The molecule has 3 rings (SSSR count). The van der Waals surface area contributed by atoms with Crippen molar-refractivity contribution in [1.82, 2.24) is 9.97 Å². The molecule has 0 spiro atoms. The molecule has 3 aromatic rings. The minimum Gasteiger partial charge on any atom is -0.255 e. The third kappa shape index (κ3) is 2.68. The SMILES string of the molecule is c1ccc(Cc2cccnc2-c2ccccn2)cc1. The van der Waals surface area contributed by atoms with Crippen LogP contribution in [-0.4, -0.2) is 9.97 Å². The second-order valence-corrected chi connectivity index (χ2v) is 4.39. The molecule has 0 fully saturated rings. The van der Waals surface area contributed by atoms with Crippen LogP contribution < -0.4 is 0 Å². The molecule has 0 atom stereocenters. The molecule has 0 N–H and O–H groups in total. The van der Waals surface area contributed by atoms with Gasteiger partial charge in [-0.2, -0.15) is 0 Å². The maximum Gasteiger partial charge on any atom is 0.0921 e. The van der Waals surface area contributed by atoms with Gasteiger partial charge in [0.05, 0.1) is 11.4 Å². The average Bonchev–Trinajstić information content (AvgIpc) is 2.50. The molecule has 2 heterocycles. The predicted molar refractivity (Wildman–Crippen MR) is 76.7 cm³/mol. The fourth-order valence-corrected chi connectivity index (χ4v) is 2.13. The van der Waals surface area contributed by atoms with Gasteiger partial charge in [0.15, 0.2) is 0 Å². The fraction of sp³-hybridized carbons (Fsp3) is 0.0588. The lowest BCUT2D eigenvalue weighted by atomic mass is 10.0. The van der Waals surface area contributed by atoms with Crippen molar-refractivity contribution in [3.8, 4) is 11.4 Å². The van der Waals surface area contributed by atoms with E-state index < -0.39 is 0 Å². The molecule has 92 valence electrons. The summed E-state index contributed by atoms with van der Waals surface area (Å²) in [5.74, 6) is 0. The highest BCUT2D eigenvalue weighted by Crippen LogP contribution is 2.21. The van der Waals surface area contributed by atoms with Crippen molar-refractivity contribution in [2.75, 3.05) is 0 Å². The van der Waals surface area contributed by atoms with Gasteiger partial charge in [-0.3, -0.25) is 9.97 Å². The lowest BCUT2D eigenvalue weighted by Crippen LogP contribution is -1.95. The second-order valence-electron chi connectivity index (χ2n) is 4.39. The summed E-state index contributed by atoms with van der Waals surface area (Å²) in [4.78, 5) is 8.87. The van der Waals surface area contributed by atoms with E-state index in [4.69, 9.17) is 0 Å². The predicted octanol–water partition coefficient (Wildman–Crippen LogP) is 3.73. The van der Waals surface area contributed by atoms with E-state index in [1.54, 1.807) is 6.20 Å². The first-order valence-electron chi connectivity index (χ1n) is 6.33. The molecule has 2 heteroatoms. The van der Waals surface area contributed by atoms with E-state index in [1.165, 1.54) is 11.1 Å². The van der Waals surface area contributed by atoms with E-state index in [9.17, 15) is 0 Å². The minimum atomic E-state index is 0.876. The van der Waals surface area contributed by atoms with Gasteiger partial charge in [-0.05, 0) is 35.7 Å². The van der Waals surface area contributed by atoms with E-state index in [1.807, 2.05) is 36.5 Å². The quantitative estimate of drug-likeness (QED) is 0.703. The second kappa shape index (κ2) is 5.44. The Kier molecular flexibility index (Phi) is 3.32. The Balaban J connectivity index is 1.99. The monoisotopic (exact) mass is 246 g/mol. The van der Waals surface area contributed by atoms with Gasteiger partial charge in [0.25, 0.3) is 0 Å². The Morgan fingerprint density at radius 3 is 2.26 bits per heavy atom. The number of nitrogens with zero attached hydrogens (tertiary/aromatic N) is 2. The highest BCUT2D eigenvalue weighted by atomic mass is 14.8. The third-order valence-corrected chi connectivity index (χ3v) is 3.04. The highest BCUT2D eigenvalue weighted by molar-refractivity contribution is 5.59. The summed E-state index contributed by atoms with van der Waals surface area (Å²) in [5, 5.41) is 0. The molecule has 0 aliphatic carbocycles.